The van der Waals surface area contributed by atoms with Gasteiger partial charge in [0.1, 0.15) is 5.82 Å². The molecule has 1 aromatic carbocycles. The minimum Gasteiger partial charge on any atom is -0.490 e. The van der Waals surface area contributed by atoms with Crippen LogP contribution < -0.4 is 4.74 Å². The highest BCUT2D eigenvalue weighted by molar-refractivity contribution is 5.30. The molecule has 4 heteroatoms. The van der Waals surface area contributed by atoms with Crippen LogP contribution in [0.15, 0.2) is 30.6 Å². The molecule has 0 fully saturated rings. The van der Waals surface area contributed by atoms with E-state index in [-0.39, 0.29) is 5.82 Å². The average molecular weight is 234 g/mol. The highest BCUT2D eigenvalue weighted by Crippen LogP contribution is 2.19. The maximum atomic E-state index is 13.6. The molecule has 0 saturated heterocycles. The van der Waals surface area contributed by atoms with E-state index >= 15 is 0 Å². The predicted octanol–water partition coefficient (Wildman–Crippen LogP) is 2.49. The average Bonchev–Trinajstić information content (AvgIpc) is 2.71. The molecule has 90 valence electrons. The third kappa shape index (κ3) is 2.64. The van der Waals surface area contributed by atoms with Crippen LogP contribution in [0.25, 0.3) is 0 Å². The molecule has 0 amide bonds. The standard InChI is InChI=1S/C13H15FN2O/c1-10-4-3-5-11(13(10)14)17-9-6-12-15-7-8-16(12)2/h3-5,7-8H,6,9H2,1-2H3. The van der Waals surface area contributed by atoms with Crippen molar-refractivity contribution < 1.29 is 9.13 Å². The van der Waals surface area contributed by atoms with E-state index in [0.29, 0.717) is 24.3 Å². The Bertz CT molecular complexity index is 508. The lowest BCUT2D eigenvalue weighted by Crippen LogP contribution is -2.07. The molecule has 0 bridgehead atoms. The third-order valence-electron chi connectivity index (χ3n) is 2.66. The molecule has 17 heavy (non-hydrogen) atoms. The van der Waals surface area contributed by atoms with Crippen LogP contribution in [0, 0.1) is 12.7 Å². The predicted molar refractivity (Wildman–Crippen MR) is 63.5 cm³/mol. The number of hydrogen-bond acceptors (Lipinski definition) is 2. The van der Waals surface area contributed by atoms with Gasteiger partial charge in [-0.05, 0) is 18.6 Å². The Labute approximate surface area is 99.9 Å². The van der Waals surface area contributed by atoms with Crippen LogP contribution in [0.1, 0.15) is 11.4 Å². The third-order valence-corrected chi connectivity index (χ3v) is 2.66. The molecular weight excluding hydrogens is 219 g/mol. The number of ether oxygens (including phenoxy) is 1. The SMILES string of the molecule is Cc1cccc(OCCc2nccn2C)c1F. The maximum Gasteiger partial charge on any atom is 0.167 e. The summed E-state index contributed by atoms with van der Waals surface area (Å²) in [6.07, 6.45) is 4.28. The molecule has 0 aliphatic carbocycles. The first-order valence-corrected chi connectivity index (χ1v) is 5.52. The molecule has 0 unspecified atom stereocenters. The monoisotopic (exact) mass is 234 g/mol. The summed E-state index contributed by atoms with van der Waals surface area (Å²) in [5.41, 5.74) is 0.597. The van der Waals surface area contributed by atoms with Crippen LogP contribution >= 0.6 is 0 Å². The summed E-state index contributed by atoms with van der Waals surface area (Å²) in [6.45, 7) is 2.15. The van der Waals surface area contributed by atoms with E-state index in [2.05, 4.69) is 4.98 Å². The molecule has 0 radical (unpaired) electrons. The summed E-state index contributed by atoms with van der Waals surface area (Å²) < 4.78 is 20.9. The molecule has 0 saturated carbocycles. The summed E-state index contributed by atoms with van der Waals surface area (Å²) in [5, 5.41) is 0. The van der Waals surface area contributed by atoms with Crippen LogP contribution in [-0.2, 0) is 13.5 Å². The lowest BCUT2D eigenvalue weighted by atomic mass is 10.2. The van der Waals surface area contributed by atoms with Crippen molar-refractivity contribution >= 4 is 0 Å². The largest absolute Gasteiger partial charge is 0.490 e. The fraction of sp³-hybridized carbons (Fsp3) is 0.308. The Hall–Kier alpha value is -1.84. The van der Waals surface area contributed by atoms with E-state index in [1.807, 2.05) is 17.8 Å². The van der Waals surface area contributed by atoms with Crippen molar-refractivity contribution in [3.63, 3.8) is 0 Å². The quantitative estimate of drug-likeness (QED) is 0.812. The molecule has 0 N–H and O–H groups in total. The lowest BCUT2D eigenvalue weighted by molar-refractivity contribution is 0.301. The summed E-state index contributed by atoms with van der Waals surface area (Å²) in [6, 6.07) is 5.15. The molecular formula is C13H15FN2O. The maximum absolute atomic E-state index is 13.6. The lowest BCUT2D eigenvalue weighted by Gasteiger charge is -2.08. The fourth-order valence-electron chi connectivity index (χ4n) is 1.62. The van der Waals surface area contributed by atoms with Crippen molar-refractivity contribution in [3.05, 3.63) is 47.8 Å². The molecule has 3 nitrogen and oxygen atoms in total. The van der Waals surface area contributed by atoms with Crippen LogP contribution in [0.3, 0.4) is 0 Å². The van der Waals surface area contributed by atoms with Crippen molar-refractivity contribution in [3.8, 4) is 5.75 Å². The van der Waals surface area contributed by atoms with Gasteiger partial charge in [0.15, 0.2) is 11.6 Å². The van der Waals surface area contributed by atoms with Gasteiger partial charge < -0.3 is 9.30 Å². The smallest absolute Gasteiger partial charge is 0.167 e. The second kappa shape index (κ2) is 4.99. The number of rotatable bonds is 4. The number of hydrogen-bond donors (Lipinski definition) is 0. The molecule has 1 aromatic heterocycles. The number of halogens is 1. The van der Waals surface area contributed by atoms with E-state index in [1.54, 1.807) is 31.3 Å². The first-order chi connectivity index (χ1) is 8.18. The molecule has 0 atom stereocenters. The molecule has 0 spiro atoms. The van der Waals surface area contributed by atoms with Crippen molar-refractivity contribution in [1.29, 1.82) is 0 Å². The summed E-state index contributed by atoms with van der Waals surface area (Å²) in [5.74, 6) is 0.949. The Morgan fingerprint density at radius 3 is 2.94 bits per heavy atom. The van der Waals surface area contributed by atoms with Gasteiger partial charge in [-0.3, -0.25) is 0 Å². The van der Waals surface area contributed by atoms with E-state index in [0.717, 1.165) is 5.82 Å². The van der Waals surface area contributed by atoms with Crippen molar-refractivity contribution in [2.75, 3.05) is 6.61 Å². The van der Waals surface area contributed by atoms with Gasteiger partial charge in [-0.1, -0.05) is 12.1 Å². The van der Waals surface area contributed by atoms with Gasteiger partial charge in [-0.2, -0.15) is 0 Å². The second-order valence-corrected chi connectivity index (χ2v) is 3.94. The van der Waals surface area contributed by atoms with Crippen LogP contribution in [0.2, 0.25) is 0 Å². The van der Waals surface area contributed by atoms with Gasteiger partial charge in [0.2, 0.25) is 0 Å². The number of imidazole rings is 1. The zero-order valence-electron chi connectivity index (χ0n) is 9.98. The van der Waals surface area contributed by atoms with Crippen molar-refractivity contribution in [2.24, 2.45) is 7.05 Å². The minimum absolute atomic E-state index is 0.285. The Balaban J connectivity index is 1.95. The second-order valence-electron chi connectivity index (χ2n) is 3.94. The van der Waals surface area contributed by atoms with Gasteiger partial charge in [0.25, 0.3) is 0 Å². The van der Waals surface area contributed by atoms with E-state index in [4.69, 9.17) is 4.74 Å². The molecule has 2 rings (SSSR count). The summed E-state index contributed by atoms with van der Waals surface area (Å²) in [7, 11) is 1.93. The molecule has 2 aromatic rings. The van der Waals surface area contributed by atoms with Gasteiger partial charge in [-0.15, -0.1) is 0 Å². The Morgan fingerprint density at radius 2 is 2.24 bits per heavy atom. The van der Waals surface area contributed by atoms with Gasteiger partial charge in [-0.25, -0.2) is 9.37 Å². The van der Waals surface area contributed by atoms with E-state index in [1.165, 1.54) is 0 Å². The summed E-state index contributed by atoms with van der Waals surface area (Å²) in [4.78, 5) is 4.18. The topological polar surface area (TPSA) is 27.1 Å². The van der Waals surface area contributed by atoms with Gasteiger partial charge in [0, 0.05) is 25.9 Å². The zero-order chi connectivity index (χ0) is 12.3. The Kier molecular flexibility index (Phi) is 3.42. The van der Waals surface area contributed by atoms with Crippen LogP contribution in [0.4, 0.5) is 4.39 Å². The summed E-state index contributed by atoms with van der Waals surface area (Å²) >= 11 is 0. The molecule has 0 aliphatic heterocycles. The number of nitrogens with zero attached hydrogens (tertiary/aromatic N) is 2. The minimum atomic E-state index is -0.285. The number of aromatic nitrogens is 2. The fourth-order valence-corrected chi connectivity index (χ4v) is 1.62. The van der Waals surface area contributed by atoms with E-state index in [9.17, 15) is 4.39 Å². The van der Waals surface area contributed by atoms with Gasteiger partial charge in [0.05, 0.1) is 6.61 Å². The molecule has 0 aliphatic rings. The van der Waals surface area contributed by atoms with Crippen LogP contribution in [0.5, 0.6) is 5.75 Å². The van der Waals surface area contributed by atoms with Gasteiger partial charge >= 0.3 is 0 Å². The number of aryl methyl sites for hydroxylation is 2. The normalized spacial score (nSPS) is 10.5. The first kappa shape index (κ1) is 11.6. The first-order valence-electron chi connectivity index (χ1n) is 5.52. The zero-order valence-corrected chi connectivity index (χ0v) is 9.98. The molecule has 1 heterocycles. The highest BCUT2D eigenvalue weighted by atomic mass is 19.1. The Morgan fingerprint density at radius 1 is 1.41 bits per heavy atom. The highest BCUT2D eigenvalue weighted by Gasteiger charge is 2.06. The van der Waals surface area contributed by atoms with Crippen LogP contribution in [-0.4, -0.2) is 16.2 Å². The van der Waals surface area contributed by atoms with Crippen molar-refractivity contribution in [1.82, 2.24) is 9.55 Å². The number of benzene rings is 1. The van der Waals surface area contributed by atoms with E-state index < -0.39 is 0 Å². The van der Waals surface area contributed by atoms with Crippen molar-refractivity contribution in [2.45, 2.75) is 13.3 Å².